The molecule has 1 aliphatic rings. The lowest BCUT2D eigenvalue weighted by atomic mass is 9.83. The van der Waals surface area contributed by atoms with Crippen LogP contribution in [-0.4, -0.2) is 36.1 Å². The predicted molar refractivity (Wildman–Crippen MR) is 104 cm³/mol. The van der Waals surface area contributed by atoms with E-state index < -0.39 is 36.1 Å². The lowest BCUT2D eigenvalue weighted by Crippen LogP contribution is -2.25. The summed E-state index contributed by atoms with van der Waals surface area (Å²) in [4.78, 5) is 50.1. The van der Waals surface area contributed by atoms with Gasteiger partial charge in [-0.1, -0.05) is 24.3 Å². The van der Waals surface area contributed by atoms with Gasteiger partial charge in [-0.3, -0.25) is 9.59 Å². The first kappa shape index (κ1) is 21.0. The van der Waals surface area contributed by atoms with Gasteiger partial charge in [0, 0.05) is 11.1 Å². The Morgan fingerprint density at radius 2 is 1.07 bits per heavy atom. The maximum absolute atomic E-state index is 13.3. The Labute approximate surface area is 172 Å². The van der Waals surface area contributed by atoms with Crippen LogP contribution >= 0.6 is 0 Å². The lowest BCUT2D eigenvalue weighted by molar-refractivity contribution is 0.0718. The normalized spacial score (nSPS) is 12.3. The largest absolute Gasteiger partial charge is 0.514 e. The highest BCUT2D eigenvalue weighted by molar-refractivity contribution is 6.30. The number of benzene rings is 2. The molecule has 0 unspecified atom stereocenters. The third-order valence-corrected chi connectivity index (χ3v) is 4.05. The first-order valence-corrected chi connectivity index (χ1v) is 9.31. The fourth-order valence-corrected chi connectivity index (χ4v) is 2.96. The molecule has 0 radical (unpaired) electrons. The van der Waals surface area contributed by atoms with E-state index in [4.69, 9.17) is 18.9 Å². The van der Waals surface area contributed by atoms with Crippen molar-refractivity contribution in [3.05, 3.63) is 58.7 Å². The number of rotatable bonds is 4. The van der Waals surface area contributed by atoms with E-state index in [0.29, 0.717) is 0 Å². The summed E-state index contributed by atoms with van der Waals surface area (Å²) in [6, 6.07) is 8.67. The van der Waals surface area contributed by atoms with Gasteiger partial charge in [0.05, 0.1) is 23.3 Å². The minimum atomic E-state index is -1.01. The molecule has 0 amide bonds. The second kappa shape index (κ2) is 8.36. The highest BCUT2D eigenvalue weighted by Gasteiger charge is 2.36. The monoisotopic (exact) mass is 412 g/mol. The summed E-state index contributed by atoms with van der Waals surface area (Å²) in [6.07, 6.45) is -2.87. The summed E-state index contributed by atoms with van der Waals surface area (Å²) in [6.45, 7) is 6.58. The first-order chi connectivity index (χ1) is 14.2. The van der Waals surface area contributed by atoms with E-state index in [1.165, 1.54) is 36.4 Å². The van der Waals surface area contributed by atoms with E-state index >= 15 is 0 Å². The number of hydrogen-bond acceptors (Lipinski definition) is 8. The average Bonchev–Trinajstić information content (AvgIpc) is 2.64. The molecule has 0 saturated carbocycles. The van der Waals surface area contributed by atoms with Gasteiger partial charge in [0.15, 0.2) is 5.78 Å². The first-order valence-electron chi connectivity index (χ1n) is 9.31. The highest BCUT2D eigenvalue weighted by Crippen LogP contribution is 2.37. The van der Waals surface area contributed by atoms with Crippen LogP contribution in [0.15, 0.2) is 36.4 Å². The number of carbonyl (C=O) groups is 4. The van der Waals surface area contributed by atoms with Gasteiger partial charge in [-0.05, 0) is 39.8 Å². The van der Waals surface area contributed by atoms with Gasteiger partial charge < -0.3 is 18.9 Å². The number of ether oxygens (including phenoxy) is 4. The van der Waals surface area contributed by atoms with E-state index in [2.05, 4.69) is 0 Å². The second-order valence-electron chi connectivity index (χ2n) is 7.05. The van der Waals surface area contributed by atoms with E-state index in [9.17, 15) is 19.2 Å². The van der Waals surface area contributed by atoms with Crippen LogP contribution < -0.4 is 9.47 Å². The maximum Gasteiger partial charge on any atom is 0.514 e. The Kier molecular flexibility index (Phi) is 5.86. The molecule has 0 spiro atoms. The number of carbonyl (C=O) groups excluding carboxylic acids is 4. The van der Waals surface area contributed by atoms with Gasteiger partial charge in [-0.25, -0.2) is 9.59 Å². The Hall–Kier alpha value is -3.68. The van der Waals surface area contributed by atoms with Crippen molar-refractivity contribution in [2.45, 2.75) is 39.9 Å². The molecule has 0 bridgehead atoms. The molecule has 0 fully saturated rings. The summed E-state index contributed by atoms with van der Waals surface area (Å²) in [7, 11) is 0. The van der Waals surface area contributed by atoms with Gasteiger partial charge in [0.25, 0.3) is 0 Å². The summed E-state index contributed by atoms with van der Waals surface area (Å²) in [5, 5.41) is 0. The van der Waals surface area contributed by atoms with Gasteiger partial charge in [-0.2, -0.15) is 0 Å². The zero-order valence-corrected chi connectivity index (χ0v) is 16.9. The molecule has 0 aromatic heterocycles. The average molecular weight is 412 g/mol. The predicted octanol–water partition coefficient (Wildman–Crippen LogP) is 4.31. The van der Waals surface area contributed by atoms with Gasteiger partial charge in [-0.15, -0.1) is 0 Å². The topological polar surface area (TPSA) is 105 Å². The molecule has 2 aromatic rings. The molecule has 30 heavy (non-hydrogen) atoms. The van der Waals surface area contributed by atoms with Gasteiger partial charge in [0.2, 0.25) is 5.78 Å². The molecule has 156 valence electrons. The SMILES string of the molecule is CC(C)OC(=O)Oc1cccc2c1C(=O)c1c(OC(=O)OC(C)C)cccc1C2=O. The Balaban J connectivity index is 2.03. The van der Waals surface area contributed by atoms with Gasteiger partial charge >= 0.3 is 12.3 Å². The third-order valence-electron chi connectivity index (χ3n) is 4.05. The van der Waals surface area contributed by atoms with E-state index in [-0.39, 0.29) is 33.8 Å². The minimum Gasteiger partial charge on any atom is -0.431 e. The molecule has 0 saturated heterocycles. The van der Waals surface area contributed by atoms with E-state index in [1.54, 1.807) is 27.7 Å². The Morgan fingerprint density at radius 1 is 0.667 bits per heavy atom. The molecule has 0 aliphatic heterocycles. The van der Waals surface area contributed by atoms with Crippen molar-refractivity contribution in [1.29, 1.82) is 0 Å². The molecule has 8 nitrogen and oxygen atoms in total. The molecule has 0 N–H and O–H groups in total. The summed E-state index contributed by atoms with van der Waals surface area (Å²) in [5.74, 6) is -1.34. The van der Waals surface area contributed by atoms with Crippen LogP contribution in [0.25, 0.3) is 0 Å². The molecular formula is C22H20O8. The highest BCUT2D eigenvalue weighted by atomic mass is 16.7. The molecule has 3 rings (SSSR count). The summed E-state index contributed by atoms with van der Waals surface area (Å²) in [5.41, 5.74) is -0.0681. The standard InChI is InChI=1S/C22H20O8/c1-11(2)27-21(25)29-15-9-5-7-13-17(15)20(24)18-14(19(13)23)8-6-10-16(18)30-22(26)28-12(3)4/h5-12H,1-4H3. The number of hydrogen-bond donors (Lipinski definition) is 0. The smallest absolute Gasteiger partial charge is 0.431 e. The van der Waals surface area contributed by atoms with Crippen molar-refractivity contribution in [3.8, 4) is 11.5 Å². The van der Waals surface area contributed by atoms with Crippen LogP contribution in [0.5, 0.6) is 11.5 Å². The lowest BCUT2D eigenvalue weighted by Gasteiger charge is -2.21. The summed E-state index contributed by atoms with van der Waals surface area (Å²) < 4.78 is 20.2. The van der Waals surface area contributed by atoms with Crippen molar-refractivity contribution in [2.24, 2.45) is 0 Å². The van der Waals surface area contributed by atoms with E-state index in [1.807, 2.05) is 0 Å². The number of ketones is 2. The Morgan fingerprint density at radius 3 is 1.43 bits per heavy atom. The molecule has 0 atom stereocenters. The van der Waals surface area contributed by atoms with E-state index in [0.717, 1.165) is 0 Å². The zero-order chi connectivity index (χ0) is 22.0. The van der Waals surface area contributed by atoms with Crippen molar-refractivity contribution < 1.29 is 38.1 Å². The molecule has 1 aliphatic carbocycles. The second-order valence-corrected chi connectivity index (χ2v) is 7.05. The molecular weight excluding hydrogens is 392 g/mol. The third kappa shape index (κ3) is 4.17. The zero-order valence-electron chi connectivity index (χ0n) is 16.9. The van der Waals surface area contributed by atoms with Crippen LogP contribution in [-0.2, 0) is 9.47 Å². The maximum atomic E-state index is 13.3. The number of fused-ring (bicyclic) bond motifs is 2. The van der Waals surface area contributed by atoms with Gasteiger partial charge in [0.1, 0.15) is 11.5 Å². The van der Waals surface area contributed by atoms with Crippen molar-refractivity contribution in [1.82, 2.24) is 0 Å². The van der Waals surface area contributed by atoms with Crippen LogP contribution in [0.1, 0.15) is 59.5 Å². The van der Waals surface area contributed by atoms with Crippen LogP contribution in [0.3, 0.4) is 0 Å². The summed E-state index contributed by atoms with van der Waals surface area (Å²) >= 11 is 0. The minimum absolute atomic E-state index is 0.0734. The van der Waals surface area contributed by atoms with Crippen LogP contribution in [0, 0.1) is 0 Å². The molecule has 8 heteroatoms. The quantitative estimate of drug-likeness (QED) is 0.461. The fourth-order valence-electron chi connectivity index (χ4n) is 2.96. The molecule has 0 heterocycles. The van der Waals surface area contributed by atoms with Crippen LogP contribution in [0.4, 0.5) is 9.59 Å². The van der Waals surface area contributed by atoms with Crippen molar-refractivity contribution in [3.63, 3.8) is 0 Å². The van der Waals surface area contributed by atoms with Crippen LogP contribution in [0.2, 0.25) is 0 Å². The molecule has 2 aromatic carbocycles. The van der Waals surface area contributed by atoms with Crippen molar-refractivity contribution in [2.75, 3.05) is 0 Å². The van der Waals surface area contributed by atoms with Crippen molar-refractivity contribution >= 4 is 23.9 Å². The fraction of sp³-hybridized carbons (Fsp3) is 0.273. The Bertz CT molecular complexity index is 956.